The van der Waals surface area contributed by atoms with Crippen LogP contribution in [0.5, 0.6) is 0 Å². The Morgan fingerprint density at radius 3 is 1.69 bits per heavy atom. The molecule has 8 nitrogen and oxygen atoms in total. The second-order valence-electron chi connectivity index (χ2n) is 7.83. The lowest BCUT2D eigenvalue weighted by Crippen LogP contribution is -2.69. The number of quaternary nitrogens is 1. The molecule has 208 valence electrons. The summed E-state index contributed by atoms with van der Waals surface area (Å²) in [6.07, 6.45) is -9.59. The Morgan fingerprint density at radius 1 is 0.857 bits per heavy atom. The molecule has 0 unspecified atom stereocenters. The van der Waals surface area contributed by atoms with Crippen molar-refractivity contribution in [1.82, 2.24) is 4.31 Å². The molecule has 0 amide bonds. The van der Waals surface area contributed by atoms with Crippen LogP contribution in [0.3, 0.4) is 0 Å². The largest absolute Gasteiger partial charge is 0.544 e. The number of halogens is 11. The first kappa shape index (κ1) is 33.0. The van der Waals surface area contributed by atoms with E-state index in [0.717, 1.165) is 0 Å². The Hall–Kier alpha value is -1.96. The minimum absolute atomic E-state index is 0.433. The van der Waals surface area contributed by atoms with Gasteiger partial charge >= 0.3 is 35.2 Å². The summed E-state index contributed by atoms with van der Waals surface area (Å²) in [6, 6.07) is 0. The Morgan fingerprint density at radius 2 is 1.31 bits per heavy atom. The highest BCUT2D eigenvalue weighted by molar-refractivity contribution is 7.90. The quantitative estimate of drug-likeness (QED) is 0.252. The zero-order valence-corrected chi connectivity index (χ0v) is 18.5. The number of carboxylic acid groups (broad SMARTS) is 2. The van der Waals surface area contributed by atoms with Crippen LogP contribution >= 0.6 is 0 Å². The average Bonchev–Trinajstić information content (AvgIpc) is 2.61. The predicted molar refractivity (Wildman–Crippen MR) is 90.1 cm³/mol. The van der Waals surface area contributed by atoms with E-state index in [1.807, 2.05) is 0 Å². The molecule has 0 aromatic rings. The lowest BCUT2D eigenvalue weighted by atomic mass is 10.0. The monoisotopic (exact) mass is 564 g/mol. The van der Waals surface area contributed by atoms with Crippen molar-refractivity contribution in [3.05, 3.63) is 0 Å². The molecule has 0 atom stereocenters. The van der Waals surface area contributed by atoms with Gasteiger partial charge in [0.15, 0.2) is 0 Å². The number of carboxylic acids is 2. The third kappa shape index (κ3) is 6.63. The number of alkyl halides is 11. The van der Waals surface area contributed by atoms with Crippen molar-refractivity contribution in [1.29, 1.82) is 0 Å². The SMILES string of the molecule is C[N+](C)(CCCN(CCC(=O)O)S(=O)(=O)C(F)(F)C(F)(F)C(F)(F)C(F)(F)C(F)(F)F)CC(=O)[O-]. The standard InChI is InChI=1S/C15H19F11N2O6S/c1-28(2,8-10(31)32)7-3-5-27(6-4-9(29)30)35(33,34)15(25,26)13(20,21)11(16,17)12(18,19)14(22,23)24/h3-8H2,1-2H3,(H-,29,30,31,32). The molecule has 0 heterocycles. The number of sulfonamides is 1. The van der Waals surface area contributed by atoms with Crippen molar-refractivity contribution in [2.45, 2.75) is 42.0 Å². The Balaban J connectivity index is 6.32. The van der Waals surface area contributed by atoms with Crippen molar-refractivity contribution in [2.75, 3.05) is 40.3 Å². The fourth-order valence-corrected chi connectivity index (χ4v) is 4.04. The lowest BCUT2D eigenvalue weighted by molar-refractivity contribution is -0.884. The summed E-state index contributed by atoms with van der Waals surface area (Å²) in [5, 5.41) is 12.0. The summed E-state index contributed by atoms with van der Waals surface area (Å²) in [5.41, 5.74) is 0. The maximum atomic E-state index is 14.2. The molecule has 0 aromatic carbocycles. The van der Waals surface area contributed by atoms with Crippen LogP contribution in [0.1, 0.15) is 12.8 Å². The summed E-state index contributed by atoms with van der Waals surface area (Å²) in [5.74, 6) is -27.2. The van der Waals surface area contributed by atoms with Crippen LogP contribution in [0.2, 0.25) is 0 Å². The van der Waals surface area contributed by atoms with Crippen molar-refractivity contribution >= 4 is 22.0 Å². The van der Waals surface area contributed by atoms with Crippen LogP contribution in [-0.2, 0) is 19.6 Å². The van der Waals surface area contributed by atoms with E-state index in [1.165, 1.54) is 14.1 Å². The molecule has 0 aliphatic heterocycles. The van der Waals surface area contributed by atoms with E-state index in [9.17, 15) is 71.4 Å². The molecule has 0 radical (unpaired) electrons. The number of aliphatic carboxylic acids is 2. The Kier molecular flexibility index (Phi) is 9.62. The highest BCUT2D eigenvalue weighted by Gasteiger charge is 2.89. The van der Waals surface area contributed by atoms with Crippen LogP contribution in [0.15, 0.2) is 0 Å². The van der Waals surface area contributed by atoms with Gasteiger partial charge in [-0.15, -0.1) is 0 Å². The number of nitrogens with zero attached hydrogens (tertiary/aromatic N) is 2. The molecule has 1 N–H and O–H groups in total. The number of likely N-dealkylation sites (N-methyl/N-ethyl adjacent to an activating group) is 1. The van der Waals surface area contributed by atoms with Gasteiger partial charge in [0.25, 0.3) is 10.0 Å². The van der Waals surface area contributed by atoms with Gasteiger partial charge in [0.2, 0.25) is 0 Å². The predicted octanol–water partition coefficient (Wildman–Crippen LogP) is 1.37. The fraction of sp³-hybridized carbons (Fsp3) is 0.867. The van der Waals surface area contributed by atoms with E-state index in [-0.39, 0.29) is 0 Å². The molecule has 0 rings (SSSR count). The molecular formula is C15H19F11N2O6S. The first-order valence-electron chi connectivity index (χ1n) is 9.00. The second kappa shape index (κ2) is 10.2. The van der Waals surface area contributed by atoms with Gasteiger partial charge in [0.1, 0.15) is 6.54 Å². The number of hydrogen-bond acceptors (Lipinski definition) is 5. The third-order valence-electron chi connectivity index (χ3n) is 4.48. The number of carbonyl (C=O) groups excluding carboxylic acids is 1. The van der Waals surface area contributed by atoms with Gasteiger partial charge in [-0.1, -0.05) is 0 Å². The molecular weight excluding hydrogens is 545 g/mol. The van der Waals surface area contributed by atoms with Gasteiger partial charge in [-0.05, 0) is 0 Å². The first-order valence-corrected chi connectivity index (χ1v) is 10.4. The van der Waals surface area contributed by atoms with Crippen molar-refractivity contribution < 1.29 is 81.0 Å². The van der Waals surface area contributed by atoms with E-state index in [0.29, 0.717) is 0 Å². The molecule has 0 saturated heterocycles. The highest BCUT2D eigenvalue weighted by atomic mass is 32.2. The van der Waals surface area contributed by atoms with E-state index in [2.05, 4.69) is 0 Å². The van der Waals surface area contributed by atoms with E-state index in [4.69, 9.17) is 5.11 Å². The summed E-state index contributed by atoms with van der Waals surface area (Å²) < 4.78 is 168. The van der Waals surface area contributed by atoms with E-state index >= 15 is 0 Å². The molecule has 0 spiro atoms. The zero-order valence-electron chi connectivity index (χ0n) is 17.7. The molecule has 0 aromatic heterocycles. The fourth-order valence-electron chi connectivity index (χ4n) is 2.56. The van der Waals surface area contributed by atoms with Crippen molar-refractivity contribution in [3.63, 3.8) is 0 Å². The van der Waals surface area contributed by atoms with Crippen LogP contribution in [0.25, 0.3) is 0 Å². The van der Waals surface area contributed by atoms with E-state index in [1.54, 1.807) is 0 Å². The first-order chi connectivity index (χ1) is 15.2. The number of rotatable bonds is 14. The smallest absolute Gasteiger partial charge is 0.460 e. The van der Waals surface area contributed by atoms with Crippen molar-refractivity contribution in [2.24, 2.45) is 0 Å². The van der Waals surface area contributed by atoms with Gasteiger partial charge in [0, 0.05) is 19.5 Å². The lowest BCUT2D eigenvalue weighted by Gasteiger charge is -2.38. The summed E-state index contributed by atoms with van der Waals surface area (Å²) in [7, 11) is -4.84. The summed E-state index contributed by atoms with van der Waals surface area (Å²) in [6.45, 7) is -4.12. The number of hydrogen-bond donors (Lipinski definition) is 1. The average molecular weight is 564 g/mol. The Labute approximate surface area is 190 Å². The maximum Gasteiger partial charge on any atom is 0.460 e. The van der Waals surface area contributed by atoms with E-state index < -0.39 is 99.0 Å². The summed E-state index contributed by atoms with van der Waals surface area (Å²) in [4.78, 5) is 21.3. The Bertz CT molecular complexity index is 890. The van der Waals surface area contributed by atoms with Gasteiger partial charge in [-0.2, -0.15) is 52.6 Å². The highest BCUT2D eigenvalue weighted by Crippen LogP contribution is 2.58. The molecule has 0 aliphatic rings. The molecule has 0 bridgehead atoms. The van der Waals surface area contributed by atoms with Crippen molar-refractivity contribution in [3.8, 4) is 0 Å². The molecule has 35 heavy (non-hydrogen) atoms. The topological polar surface area (TPSA) is 115 Å². The van der Waals surface area contributed by atoms with Crippen LogP contribution in [0, 0.1) is 0 Å². The normalized spacial score (nSPS) is 14.9. The molecule has 0 aliphatic carbocycles. The zero-order chi connectivity index (χ0) is 28.5. The van der Waals surface area contributed by atoms with Gasteiger partial charge in [-0.3, -0.25) is 4.79 Å². The van der Waals surface area contributed by atoms with Gasteiger partial charge in [-0.25, -0.2) is 8.42 Å². The molecule has 0 saturated carbocycles. The van der Waals surface area contributed by atoms with Gasteiger partial charge in [0.05, 0.1) is 33.0 Å². The van der Waals surface area contributed by atoms with Crippen LogP contribution < -0.4 is 5.11 Å². The van der Waals surface area contributed by atoms with Gasteiger partial charge < -0.3 is 19.5 Å². The van der Waals surface area contributed by atoms with Crippen LogP contribution in [-0.4, -0.2) is 104 Å². The minimum atomic E-state index is -7.97. The number of carbonyl (C=O) groups is 2. The second-order valence-corrected chi connectivity index (χ2v) is 9.81. The minimum Gasteiger partial charge on any atom is -0.544 e. The third-order valence-corrected chi connectivity index (χ3v) is 6.43. The molecule has 20 heteroatoms. The summed E-state index contributed by atoms with van der Waals surface area (Å²) >= 11 is 0. The maximum absolute atomic E-state index is 14.2. The molecule has 0 fully saturated rings. The van der Waals surface area contributed by atoms with Crippen LogP contribution in [0.4, 0.5) is 48.3 Å².